The Bertz CT molecular complexity index is 1260. The monoisotopic (exact) mass is 408 g/mol. The summed E-state index contributed by atoms with van der Waals surface area (Å²) in [6.45, 7) is 2.47. The Morgan fingerprint density at radius 3 is 2.62 bits per heavy atom. The highest BCUT2D eigenvalue weighted by atomic mass is 32.2. The molecule has 7 heteroatoms. The Morgan fingerprint density at radius 1 is 1.00 bits per heavy atom. The maximum Gasteiger partial charge on any atom is 0.226 e. The maximum absolute atomic E-state index is 13.5. The zero-order chi connectivity index (χ0) is 20.4. The summed E-state index contributed by atoms with van der Waals surface area (Å²) in [7, 11) is 0.291. The first-order valence-electron chi connectivity index (χ1n) is 9.52. The SMILES string of the molecule is CN(C)CCNCc1ccc2[nH]nc(S(=O)(=O)c3cccc4ccccc34)c2c1. The van der Waals surface area contributed by atoms with Crippen molar-refractivity contribution in [2.75, 3.05) is 27.2 Å². The summed E-state index contributed by atoms with van der Waals surface area (Å²) in [6, 6.07) is 18.6. The number of benzene rings is 3. The Morgan fingerprint density at radius 2 is 1.79 bits per heavy atom. The molecule has 6 nitrogen and oxygen atoms in total. The van der Waals surface area contributed by atoms with Crippen molar-refractivity contribution in [1.82, 2.24) is 20.4 Å². The van der Waals surface area contributed by atoms with Crippen LogP contribution in [0.25, 0.3) is 21.7 Å². The van der Waals surface area contributed by atoms with E-state index in [9.17, 15) is 8.42 Å². The highest BCUT2D eigenvalue weighted by Gasteiger charge is 2.25. The number of nitrogens with zero attached hydrogens (tertiary/aromatic N) is 2. The van der Waals surface area contributed by atoms with Gasteiger partial charge in [0.25, 0.3) is 0 Å². The molecule has 0 saturated carbocycles. The highest BCUT2D eigenvalue weighted by Crippen LogP contribution is 2.31. The van der Waals surface area contributed by atoms with E-state index >= 15 is 0 Å². The van der Waals surface area contributed by atoms with Crippen molar-refractivity contribution in [1.29, 1.82) is 0 Å². The smallest absolute Gasteiger partial charge is 0.226 e. The van der Waals surface area contributed by atoms with E-state index in [4.69, 9.17) is 0 Å². The van der Waals surface area contributed by atoms with Crippen molar-refractivity contribution in [3.8, 4) is 0 Å². The van der Waals surface area contributed by atoms with E-state index in [2.05, 4.69) is 20.4 Å². The van der Waals surface area contributed by atoms with Crippen LogP contribution in [0.1, 0.15) is 5.56 Å². The second-order valence-electron chi connectivity index (χ2n) is 7.37. The van der Waals surface area contributed by atoms with Crippen LogP contribution in [0, 0.1) is 0 Å². The van der Waals surface area contributed by atoms with Crippen molar-refractivity contribution in [3.63, 3.8) is 0 Å². The lowest BCUT2D eigenvalue weighted by molar-refractivity contribution is 0.400. The Labute approximate surface area is 170 Å². The van der Waals surface area contributed by atoms with Crippen LogP contribution in [0.3, 0.4) is 0 Å². The molecule has 4 rings (SSSR count). The van der Waals surface area contributed by atoms with Crippen molar-refractivity contribution in [2.24, 2.45) is 0 Å². The average molecular weight is 409 g/mol. The predicted molar refractivity (Wildman–Crippen MR) is 116 cm³/mol. The van der Waals surface area contributed by atoms with Crippen molar-refractivity contribution in [2.45, 2.75) is 16.5 Å². The molecule has 0 fully saturated rings. The van der Waals surface area contributed by atoms with Crippen molar-refractivity contribution in [3.05, 3.63) is 66.2 Å². The zero-order valence-electron chi connectivity index (χ0n) is 16.5. The predicted octanol–water partition coefficient (Wildman–Crippen LogP) is 3.20. The molecule has 3 aromatic carbocycles. The number of aromatic nitrogens is 2. The van der Waals surface area contributed by atoms with Gasteiger partial charge in [-0.15, -0.1) is 0 Å². The molecule has 0 bridgehead atoms. The molecule has 0 unspecified atom stereocenters. The molecule has 0 radical (unpaired) electrons. The van der Waals surface area contributed by atoms with Gasteiger partial charge in [-0.25, -0.2) is 8.42 Å². The molecule has 2 N–H and O–H groups in total. The third kappa shape index (κ3) is 3.89. The minimum Gasteiger partial charge on any atom is -0.311 e. The standard InChI is InChI=1S/C22H24N4O2S/c1-26(2)13-12-23-15-16-10-11-20-19(14-16)22(25-24-20)29(27,28)21-9-5-7-17-6-3-4-8-18(17)21/h3-11,14,23H,12-13,15H2,1-2H3,(H,24,25). The number of rotatable bonds is 7. The molecule has 0 aliphatic rings. The number of likely N-dealkylation sites (N-methyl/N-ethyl adjacent to an activating group) is 1. The first kappa shape index (κ1) is 19.6. The van der Waals surface area contributed by atoms with Crippen LogP contribution in [0.15, 0.2) is 70.6 Å². The van der Waals surface area contributed by atoms with Gasteiger partial charge in [0.2, 0.25) is 9.84 Å². The molecule has 0 saturated heterocycles. The molecule has 150 valence electrons. The number of sulfone groups is 1. The summed E-state index contributed by atoms with van der Waals surface area (Å²) in [5.74, 6) is 0. The van der Waals surface area contributed by atoms with Gasteiger partial charge in [0.15, 0.2) is 5.03 Å². The first-order chi connectivity index (χ1) is 14.0. The lowest BCUT2D eigenvalue weighted by atomic mass is 10.1. The second kappa shape index (κ2) is 7.94. The van der Waals surface area contributed by atoms with Crippen LogP contribution in [0.5, 0.6) is 0 Å². The van der Waals surface area contributed by atoms with Gasteiger partial charge in [-0.2, -0.15) is 5.10 Å². The van der Waals surface area contributed by atoms with Crippen molar-refractivity contribution < 1.29 is 8.42 Å². The number of aromatic amines is 1. The van der Waals surface area contributed by atoms with E-state index < -0.39 is 9.84 Å². The summed E-state index contributed by atoms with van der Waals surface area (Å²) >= 11 is 0. The van der Waals surface area contributed by atoms with Gasteiger partial charge in [0.1, 0.15) is 0 Å². The van der Waals surface area contributed by atoms with Crippen LogP contribution >= 0.6 is 0 Å². The van der Waals surface area contributed by atoms with Gasteiger partial charge in [-0.3, -0.25) is 5.10 Å². The van der Waals surface area contributed by atoms with Crippen molar-refractivity contribution >= 4 is 31.5 Å². The Kier molecular flexibility index (Phi) is 5.36. The summed E-state index contributed by atoms with van der Waals surface area (Å²) in [6.07, 6.45) is 0. The fourth-order valence-electron chi connectivity index (χ4n) is 3.42. The number of hydrogen-bond acceptors (Lipinski definition) is 5. The van der Waals surface area contributed by atoms with E-state index in [0.717, 1.165) is 24.0 Å². The van der Waals surface area contributed by atoms with Crippen LogP contribution in [0.2, 0.25) is 0 Å². The normalized spacial score (nSPS) is 12.2. The van der Waals surface area contributed by atoms with E-state index in [1.165, 1.54) is 0 Å². The largest absolute Gasteiger partial charge is 0.311 e. The van der Waals surface area contributed by atoms with Crippen LogP contribution in [-0.4, -0.2) is 50.7 Å². The third-order valence-corrected chi connectivity index (χ3v) is 6.71. The van der Waals surface area contributed by atoms with E-state index in [1.54, 1.807) is 12.1 Å². The van der Waals surface area contributed by atoms with Crippen LogP contribution < -0.4 is 5.32 Å². The van der Waals surface area contributed by atoms with Gasteiger partial charge in [0.05, 0.1) is 10.4 Å². The number of nitrogens with one attached hydrogen (secondary N) is 2. The number of hydrogen-bond donors (Lipinski definition) is 2. The second-order valence-corrected chi connectivity index (χ2v) is 9.20. The lowest BCUT2D eigenvalue weighted by Crippen LogP contribution is -2.26. The highest BCUT2D eigenvalue weighted by molar-refractivity contribution is 7.91. The topological polar surface area (TPSA) is 78.1 Å². The number of fused-ring (bicyclic) bond motifs is 2. The lowest BCUT2D eigenvalue weighted by Gasteiger charge is -2.10. The zero-order valence-corrected chi connectivity index (χ0v) is 17.3. The van der Waals surface area contributed by atoms with Gasteiger partial charge in [-0.1, -0.05) is 42.5 Å². The minimum atomic E-state index is -3.77. The van der Waals surface area contributed by atoms with Gasteiger partial charge < -0.3 is 10.2 Å². The summed E-state index contributed by atoms with van der Waals surface area (Å²) in [4.78, 5) is 2.39. The average Bonchev–Trinajstić information content (AvgIpc) is 3.15. The molecule has 1 aromatic heterocycles. The Balaban J connectivity index is 1.72. The van der Waals surface area contributed by atoms with Gasteiger partial charge >= 0.3 is 0 Å². The van der Waals surface area contributed by atoms with E-state index in [0.29, 0.717) is 22.8 Å². The maximum atomic E-state index is 13.5. The molecular formula is C22H24N4O2S. The number of H-pyrrole nitrogens is 1. The van der Waals surface area contributed by atoms with Crippen LogP contribution in [0.4, 0.5) is 0 Å². The molecule has 0 amide bonds. The van der Waals surface area contributed by atoms with Gasteiger partial charge in [-0.05, 0) is 43.2 Å². The summed E-state index contributed by atoms with van der Waals surface area (Å²) in [5, 5.41) is 12.7. The Hall–Kier alpha value is -2.74. The first-order valence-corrected chi connectivity index (χ1v) is 11.0. The molecule has 0 aliphatic carbocycles. The molecular weight excluding hydrogens is 384 g/mol. The third-order valence-electron chi connectivity index (χ3n) is 4.95. The molecule has 0 atom stereocenters. The fraction of sp³-hybridized carbons (Fsp3) is 0.227. The molecule has 1 heterocycles. The summed E-state index contributed by atoms with van der Waals surface area (Å²) in [5.41, 5.74) is 1.73. The molecule has 29 heavy (non-hydrogen) atoms. The van der Waals surface area contributed by atoms with Gasteiger partial charge in [0, 0.05) is 30.4 Å². The molecule has 4 aromatic rings. The minimum absolute atomic E-state index is 0.0685. The summed E-state index contributed by atoms with van der Waals surface area (Å²) < 4.78 is 26.9. The van der Waals surface area contributed by atoms with E-state index in [-0.39, 0.29) is 9.92 Å². The fourth-order valence-corrected chi connectivity index (χ4v) is 4.99. The molecule has 0 aliphatic heterocycles. The van der Waals surface area contributed by atoms with Crippen LogP contribution in [-0.2, 0) is 16.4 Å². The quantitative estimate of drug-likeness (QED) is 0.459. The molecule has 0 spiro atoms. The van der Waals surface area contributed by atoms with E-state index in [1.807, 2.05) is 62.6 Å².